The van der Waals surface area contributed by atoms with E-state index in [-0.39, 0.29) is 0 Å². The van der Waals surface area contributed by atoms with Crippen LogP contribution in [0.3, 0.4) is 0 Å². The van der Waals surface area contributed by atoms with Gasteiger partial charge in [-0.15, -0.1) is 0 Å². The molecule has 0 N–H and O–H groups in total. The standard InChI is InChI=1S/C25H48/c1-5-7-14-21(4)17-23-19-24-18-22(25(23)24)16-13-11-9-8-10-12-15-20(3)6-2/h20-25H,5-19H2,1-4H3. The molecule has 25 heavy (non-hydrogen) atoms. The van der Waals surface area contributed by atoms with Crippen molar-refractivity contribution >= 4 is 0 Å². The van der Waals surface area contributed by atoms with Gasteiger partial charge in [-0.3, -0.25) is 0 Å². The van der Waals surface area contributed by atoms with Gasteiger partial charge >= 0.3 is 0 Å². The summed E-state index contributed by atoms with van der Waals surface area (Å²) in [5.41, 5.74) is 0. The molecular weight excluding hydrogens is 300 g/mol. The van der Waals surface area contributed by atoms with Crippen LogP contribution < -0.4 is 0 Å². The van der Waals surface area contributed by atoms with Crippen molar-refractivity contribution in [2.75, 3.05) is 0 Å². The predicted octanol–water partition coefficient (Wildman–Crippen LogP) is 8.64. The average Bonchev–Trinajstić information content (AvgIpc) is 2.59. The summed E-state index contributed by atoms with van der Waals surface area (Å²) in [4.78, 5) is 0. The van der Waals surface area contributed by atoms with Gasteiger partial charge in [-0.1, -0.05) is 105 Å². The van der Waals surface area contributed by atoms with Crippen LogP contribution in [0.2, 0.25) is 0 Å². The second-order valence-electron chi connectivity index (χ2n) is 10.0. The minimum Gasteiger partial charge on any atom is -0.0654 e. The van der Waals surface area contributed by atoms with Crippen molar-refractivity contribution in [2.24, 2.45) is 35.5 Å². The molecule has 0 aromatic rings. The van der Waals surface area contributed by atoms with Crippen LogP contribution in [0.1, 0.15) is 124 Å². The van der Waals surface area contributed by atoms with Crippen molar-refractivity contribution in [2.45, 2.75) is 124 Å². The maximum absolute atomic E-state index is 2.51. The zero-order valence-electron chi connectivity index (χ0n) is 18.1. The molecule has 0 saturated heterocycles. The molecule has 2 fully saturated rings. The molecule has 0 aromatic carbocycles. The van der Waals surface area contributed by atoms with Gasteiger partial charge in [0.25, 0.3) is 0 Å². The Bertz CT molecular complexity index is 333. The van der Waals surface area contributed by atoms with Crippen LogP contribution in [-0.2, 0) is 0 Å². The van der Waals surface area contributed by atoms with Crippen LogP contribution >= 0.6 is 0 Å². The Kier molecular flexibility index (Phi) is 9.93. The third-order valence-electron chi connectivity index (χ3n) is 7.82. The van der Waals surface area contributed by atoms with E-state index in [1.54, 1.807) is 25.7 Å². The molecule has 6 atom stereocenters. The van der Waals surface area contributed by atoms with Crippen molar-refractivity contribution in [1.82, 2.24) is 0 Å². The van der Waals surface area contributed by atoms with Crippen molar-refractivity contribution in [3.63, 3.8) is 0 Å². The number of hydrogen-bond donors (Lipinski definition) is 0. The lowest BCUT2D eigenvalue weighted by Gasteiger charge is -2.59. The number of hydrogen-bond acceptors (Lipinski definition) is 0. The molecule has 148 valence electrons. The van der Waals surface area contributed by atoms with Crippen molar-refractivity contribution < 1.29 is 0 Å². The first-order chi connectivity index (χ1) is 12.2. The Balaban J connectivity index is 1.45. The lowest BCUT2D eigenvalue weighted by Crippen LogP contribution is -2.51. The normalized spacial score (nSPS) is 30.2. The molecule has 0 aliphatic heterocycles. The summed E-state index contributed by atoms with van der Waals surface area (Å²) in [6.45, 7) is 9.58. The largest absolute Gasteiger partial charge is 0.0654 e. The fourth-order valence-electron chi connectivity index (χ4n) is 5.83. The molecular formula is C25H48. The molecule has 2 rings (SSSR count). The third kappa shape index (κ3) is 6.91. The maximum Gasteiger partial charge on any atom is -0.0328 e. The van der Waals surface area contributed by atoms with Crippen molar-refractivity contribution in [3.8, 4) is 0 Å². The minimum atomic E-state index is 0.951. The highest BCUT2D eigenvalue weighted by molar-refractivity contribution is 5.02. The van der Waals surface area contributed by atoms with Crippen molar-refractivity contribution in [3.05, 3.63) is 0 Å². The van der Waals surface area contributed by atoms with E-state index < -0.39 is 0 Å². The van der Waals surface area contributed by atoms with E-state index >= 15 is 0 Å². The summed E-state index contributed by atoms with van der Waals surface area (Å²) in [6, 6.07) is 0. The molecule has 0 radical (unpaired) electrons. The first kappa shape index (κ1) is 21.3. The average molecular weight is 349 g/mol. The SMILES string of the molecule is CCCCC(C)CC1CC2CC(CCCCCCCCC(C)CC)C12. The molecule has 6 unspecified atom stereocenters. The second kappa shape index (κ2) is 11.7. The lowest BCUT2D eigenvalue weighted by atomic mass is 9.46. The van der Waals surface area contributed by atoms with Gasteiger partial charge in [0.2, 0.25) is 0 Å². The maximum atomic E-state index is 2.51. The molecule has 0 spiro atoms. The molecule has 2 saturated carbocycles. The third-order valence-corrected chi connectivity index (χ3v) is 7.82. The molecule has 0 bridgehead atoms. The summed E-state index contributed by atoms with van der Waals surface area (Å²) in [6.07, 6.45) is 22.4. The van der Waals surface area contributed by atoms with E-state index in [1.807, 2.05) is 0 Å². The van der Waals surface area contributed by atoms with Gasteiger partial charge in [0.15, 0.2) is 0 Å². The van der Waals surface area contributed by atoms with Crippen LogP contribution in [0.15, 0.2) is 0 Å². The fraction of sp³-hybridized carbons (Fsp3) is 1.00. The van der Waals surface area contributed by atoms with Gasteiger partial charge in [0, 0.05) is 0 Å². The van der Waals surface area contributed by atoms with E-state index in [0.717, 1.165) is 29.6 Å². The second-order valence-corrected chi connectivity index (χ2v) is 10.0. The van der Waals surface area contributed by atoms with E-state index in [0.29, 0.717) is 0 Å². The molecule has 2 aliphatic rings. The van der Waals surface area contributed by atoms with Crippen LogP contribution in [0.4, 0.5) is 0 Å². The van der Waals surface area contributed by atoms with E-state index in [9.17, 15) is 0 Å². The summed E-state index contributed by atoms with van der Waals surface area (Å²) in [7, 11) is 0. The summed E-state index contributed by atoms with van der Waals surface area (Å²) >= 11 is 0. The van der Waals surface area contributed by atoms with Crippen molar-refractivity contribution in [1.29, 1.82) is 0 Å². The molecule has 0 amide bonds. The van der Waals surface area contributed by atoms with Crippen LogP contribution in [-0.4, -0.2) is 0 Å². The fourth-order valence-corrected chi connectivity index (χ4v) is 5.83. The Labute approximate surface area is 159 Å². The van der Waals surface area contributed by atoms with Gasteiger partial charge < -0.3 is 0 Å². The molecule has 0 heteroatoms. The smallest absolute Gasteiger partial charge is 0.0328 e. The van der Waals surface area contributed by atoms with Crippen LogP contribution in [0.5, 0.6) is 0 Å². The Morgan fingerprint density at radius 1 is 0.720 bits per heavy atom. The van der Waals surface area contributed by atoms with Gasteiger partial charge in [-0.2, -0.15) is 0 Å². The zero-order valence-corrected chi connectivity index (χ0v) is 18.1. The van der Waals surface area contributed by atoms with Gasteiger partial charge in [0.1, 0.15) is 0 Å². The molecule has 0 heterocycles. The lowest BCUT2D eigenvalue weighted by molar-refractivity contribution is -0.101. The highest BCUT2D eigenvalue weighted by atomic mass is 14.6. The number of rotatable bonds is 15. The molecule has 0 aromatic heterocycles. The summed E-state index contributed by atoms with van der Waals surface area (Å²) in [5.74, 6) is 6.52. The molecule has 0 nitrogen and oxygen atoms in total. The first-order valence-corrected chi connectivity index (χ1v) is 12.2. The Morgan fingerprint density at radius 3 is 2.04 bits per heavy atom. The van der Waals surface area contributed by atoms with Crippen LogP contribution in [0.25, 0.3) is 0 Å². The van der Waals surface area contributed by atoms with E-state index in [2.05, 4.69) is 27.7 Å². The first-order valence-electron chi connectivity index (χ1n) is 12.2. The van der Waals surface area contributed by atoms with E-state index in [1.165, 1.54) is 76.5 Å². The van der Waals surface area contributed by atoms with Gasteiger partial charge in [-0.25, -0.2) is 0 Å². The number of unbranched alkanes of at least 4 members (excludes halogenated alkanes) is 6. The Hall–Kier alpha value is 0. The quantitative estimate of drug-likeness (QED) is 0.260. The zero-order chi connectivity index (χ0) is 18.1. The highest BCUT2D eigenvalue weighted by Crippen LogP contribution is 2.61. The minimum absolute atomic E-state index is 0.951. The van der Waals surface area contributed by atoms with E-state index in [4.69, 9.17) is 0 Å². The van der Waals surface area contributed by atoms with Gasteiger partial charge in [0.05, 0.1) is 0 Å². The van der Waals surface area contributed by atoms with Gasteiger partial charge in [-0.05, 0) is 54.8 Å². The summed E-state index contributed by atoms with van der Waals surface area (Å²) < 4.78 is 0. The van der Waals surface area contributed by atoms with Crippen LogP contribution in [0, 0.1) is 35.5 Å². The molecule has 2 aliphatic carbocycles. The number of fused-ring (bicyclic) bond motifs is 1. The topological polar surface area (TPSA) is 0 Å². The Morgan fingerprint density at radius 2 is 1.36 bits per heavy atom. The predicted molar refractivity (Wildman–Crippen MR) is 113 cm³/mol. The summed E-state index contributed by atoms with van der Waals surface area (Å²) in [5, 5.41) is 0. The highest BCUT2D eigenvalue weighted by Gasteiger charge is 2.52. The monoisotopic (exact) mass is 348 g/mol.